The summed E-state index contributed by atoms with van der Waals surface area (Å²) in [6.07, 6.45) is -0.188. The molecule has 0 saturated carbocycles. The average Bonchev–Trinajstić information content (AvgIpc) is 3.46. The number of oxime groups is 1. The van der Waals surface area contributed by atoms with Gasteiger partial charge in [-0.1, -0.05) is 17.3 Å². The lowest BCUT2D eigenvalue weighted by Crippen LogP contribution is -2.68. The minimum atomic E-state index is -5.24. The molecule has 3 heterocycles. The van der Waals surface area contributed by atoms with E-state index in [4.69, 9.17) is 21.0 Å². The van der Waals surface area contributed by atoms with Gasteiger partial charge in [0.15, 0.2) is 28.5 Å². The van der Waals surface area contributed by atoms with Gasteiger partial charge in [-0.3, -0.25) is 9.59 Å². The molecule has 0 unspecified atom stereocenters. The van der Waals surface area contributed by atoms with E-state index in [0.717, 1.165) is 28.2 Å². The van der Waals surface area contributed by atoms with Crippen LogP contribution < -0.4 is 26.1 Å². The fourth-order valence-corrected chi connectivity index (χ4v) is 5.77. The largest absolute Gasteiger partial charge is 0.724 e. The van der Waals surface area contributed by atoms with Crippen LogP contribution >= 0.6 is 11.3 Å². The smallest absolute Gasteiger partial charge is 0.351 e. The Morgan fingerprint density at radius 2 is 1.92 bits per heavy atom. The van der Waals surface area contributed by atoms with Crippen molar-refractivity contribution >= 4 is 50.2 Å². The minimum Gasteiger partial charge on any atom is -0.724 e. The second kappa shape index (κ2) is 15.1. The number of nitrogens with one attached hydrogen (secondary N) is 1. The van der Waals surface area contributed by atoms with Gasteiger partial charge < -0.3 is 36.0 Å². The number of ketones is 1. The highest BCUT2D eigenvalue weighted by Gasteiger charge is 2.57. The van der Waals surface area contributed by atoms with Gasteiger partial charge in [0.05, 0.1) is 18.0 Å². The van der Waals surface area contributed by atoms with E-state index in [1.165, 1.54) is 19.2 Å². The highest BCUT2D eigenvalue weighted by Crippen LogP contribution is 2.40. The summed E-state index contributed by atoms with van der Waals surface area (Å²) >= 11 is 0.981. The van der Waals surface area contributed by atoms with Crippen LogP contribution in [0.15, 0.2) is 53.1 Å². The van der Waals surface area contributed by atoms with Gasteiger partial charge in [-0.15, -0.1) is 11.3 Å². The van der Waals surface area contributed by atoms with Crippen LogP contribution in [-0.4, -0.2) is 82.8 Å². The maximum absolute atomic E-state index is 13.3. The molecule has 17 nitrogen and oxygen atoms in total. The van der Waals surface area contributed by atoms with Crippen LogP contribution in [0.5, 0.6) is 5.75 Å². The number of hydrogen-bond donors (Lipinski definition) is 4. The summed E-state index contributed by atoms with van der Waals surface area (Å²) < 4.78 is 44.9. The van der Waals surface area contributed by atoms with Crippen molar-refractivity contribution in [3.8, 4) is 16.9 Å². The van der Waals surface area contributed by atoms with Crippen LogP contribution in [0.4, 0.5) is 5.13 Å². The number of anilines is 1. The van der Waals surface area contributed by atoms with Gasteiger partial charge in [0, 0.05) is 36.5 Å². The van der Waals surface area contributed by atoms with Crippen molar-refractivity contribution in [3.05, 3.63) is 59.4 Å². The fourth-order valence-electron chi connectivity index (χ4n) is 4.77. The molecule has 19 heteroatoms. The molecule has 6 N–H and O–H groups in total. The Morgan fingerprint density at radius 3 is 2.48 bits per heavy atom. The van der Waals surface area contributed by atoms with Gasteiger partial charge in [0.2, 0.25) is 10.4 Å². The van der Waals surface area contributed by atoms with Gasteiger partial charge in [-0.25, -0.2) is 22.8 Å². The molecule has 1 amide bonds. The number of benzene rings is 1. The molecule has 0 spiro atoms. The molecule has 3 aromatic rings. The number of hydroxylamine groups is 2. The fraction of sp³-hybridized carbons (Fsp3) is 0.379. The van der Waals surface area contributed by atoms with Crippen LogP contribution in [-0.2, 0) is 47.5 Å². The normalized spacial score (nSPS) is 16.7. The molecule has 1 fully saturated rings. The highest BCUT2D eigenvalue weighted by molar-refractivity contribution is 7.80. The third-order valence-corrected chi connectivity index (χ3v) is 8.47. The first-order valence-electron chi connectivity index (χ1n) is 14.4. The number of nitrogens with two attached hydrogens (primary N) is 2. The van der Waals surface area contributed by atoms with Crippen LogP contribution in [0.2, 0.25) is 0 Å². The Hall–Kier alpha value is -4.53. The average molecular weight is 706 g/mol. The summed E-state index contributed by atoms with van der Waals surface area (Å²) in [5, 5.41) is 18.6. The number of ether oxygens (including phenoxy) is 1. The van der Waals surface area contributed by atoms with E-state index in [0.29, 0.717) is 30.4 Å². The van der Waals surface area contributed by atoms with Crippen LogP contribution in [0, 0.1) is 5.92 Å². The van der Waals surface area contributed by atoms with Crippen molar-refractivity contribution in [2.24, 2.45) is 23.9 Å². The van der Waals surface area contributed by atoms with Gasteiger partial charge in [0.1, 0.15) is 25.1 Å². The number of hydrogen-bond acceptors (Lipinski definition) is 15. The van der Waals surface area contributed by atoms with Gasteiger partial charge in [-0.2, -0.15) is 9.35 Å². The Balaban J connectivity index is 1.43. The zero-order valence-electron chi connectivity index (χ0n) is 26.2. The number of aryl methyl sites for hydroxylation is 1. The van der Waals surface area contributed by atoms with Crippen molar-refractivity contribution in [1.82, 2.24) is 15.4 Å². The number of amides is 1. The van der Waals surface area contributed by atoms with Crippen LogP contribution in [0.25, 0.3) is 11.1 Å². The minimum absolute atomic E-state index is 0.0313. The molecular formula is C29H35N7O10S2. The predicted octanol–water partition coefficient (Wildman–Crippen LogP) is 0.106. The summed E-state index contributed by atoms with van der Waals surface area (Å²) in [6.45, 7) is 4.25. The molecule has 1 saturated heterocycles. The SMILES string of the molecule is C[n+]1cc(-c2ccc(OC[C@H](O/N=C(\C(=O)C[C@@H]3C(=O)N(OS(=O)(=O)[O-])C3(C)C)c3csc(N)n3)C(=O)O)cc2)ccc1CNCCN. The standard InChI is InChI=1S/C29H35N7O10S2/c1-29(2)21(26(38)36(29)46-48(41,42)43)12-23(37)25(22-16-47-28(31)33-22)34-45-24(27(39)40)15-44-20-8-5-17(6-9-20)18-4-7-19(35(3)14-18)13-32-11-10-30/h4-9,14,16,21,24,32H,10-13,15,30H2,1-3H3,(H3-,31,33,39,40,41,42,43)/b34-25-/t21-,24+/m1/s1. The molecule has 48 heavy (non-hydrogen) atoms. The number of thiazole rings is 1. The number of carboxylic acids is 1. The molecule has 0 aliphatic carbocycles. The molecule has 2 atom stereocenters. The second-order valence-corrected chi connectivity index (χ2v) is 13.1. The molecule has 1 aliphatic heterocycles. The first kappa shape index (κ1) is 36.3. The predicted molar refractivity (Wildman–Crippen MR) is 170 cm³/mol. The number of aromatic nitrogens is 2. The zero-order chi connectivity index (χ0) is 35.2. The summed E-state index contributed by atoms with van der Waals surface area (Å²) in [5.41, 5.74) is 12.4. The second-order valence-electron chi connectivity index (χ2n) is 11.2. The molecule has 0 bridgehead atoms. The van der Waals surface area contributed by atoms with Gasteiger partial charge >= 0.3 is 5.97 Å². The molecular weight excluding hydrogens is 670 g/mol. The van der Waals surface area contributed by atoms with Crippen LogP contribution in [0.3, 0.4) is 0 Å². The third-order valence-electron chi connectivity index (χ3n) is 7.46. The molecule has 258 valence electrons. The van der Waals surface area contributed by atoms with Gasteiger partial charge in [-0.05, 0) is 37.6 Å². The number of carbonyl (C=O) groups excluding carboxylic acids is 2. The van der Waals surface area contributed by atoms with E-state index in [-0.39, 0.29) is 10.8 Å². The number of nitrogen functional groups attached to an aromatic ring is 1. The maximum atomic E-state index is 13.3. The third kappa shape index (κ3) is 8.88. The topological polar surface area (TPSA) is 253 Å². The Kier molecular flexibility index (Phi) is 11.4. The molecule has 1 aromatic carbocycles. The Labute approximate surface area is 280 Å². The molecule has 4 rings (SSSR count). The first-order chi connectivity index (χ1) is 22.6. The Bertz CT molecular complexity index is 1800. The zero-order valence-corrected chi connectivity index (χ0v) is 27.8. The summed E-state index contributed by atoms with van der Waals surface area (Å²) in [6, 6.07) is 11.0. The number of nitrogens with zero attached hydrogens (tertiary/aromatic N) is 4. The monoisotopic (exact) mass is 705 g/mol. The van der Waals surface area contributed by atoms with Crippen molar-refractivity contribution < 1.29 is 50.9 Å². The lowest BCUT2D eigenvalue weighted by Gasteiger charge is -2.51. The summed E-state index contributed by atoms with van der Waals surface area (Å²) in [7, 11) is -3.30. The van der Waals surface area contributed by atoms with E-state index >= 15 is 0 Å². The maximum Gasteiger partial charge on any atom is 0.351 e. The van der Waals surface area contributed by atoms with Crippen molar-refractivity contribution in [2.45, 2.75) is 38.5 Å². The lowest BCUT2D eigenvalue weighted by atomic mass is 9.74. The quantitative estimate of drug-likeness (QED) is 0.0277. The molecule has 2 aromatic heterocycles. The summed E-state index contributed by atoms with van der Waals surface area (Å²) in [5.74, 6) is -3.89. The Morgan fingerprint density at radius 1 is 1.23 bits per heavy atom. The van der Waals surface area contributed by atoms with Crippen molar-refractivity contribution in [2.75, 3.05) is 25.4 Å². The number of Topliss-reactive ketones (excluding diaryl/α,β-unsaturated/α-hetero) is 1. The number of rotatable bonds is 17. The number of carboxylic acid groups (broad SMARTS) is 1. The van der Waals surface area contributed by atoms with Crippen molar-refractivity contribution in [3.63, 3.8) is 0 Å². The van der Waals surface area contributed by atoms with E-state index in [2.05, 4.69) is 19.7 Å². The number of pyridine rings is 1. The highest BCUT2D eigenvalue weighted by atomic mass is 32.3. The summed E-state index contributed by atoms with van der Waals surface area (Å²) in [4.78, 5) is 47.1. The van der Waals surface area contributed by atoms with E-state index in [1.807, 2.05) is 42.1 Å². The number of β-lactam (4-membered cyclic amide) rings is 1. The number of carbonyl (C=O) groups is 3. The van der Waals surface area contributed by atoms with E-state index in [1.54, 1.807) is 12.1 Å². The van der Waals surface area contributed by atoms with Gasteiger partial charge in [0.25, 0.3) is 12.0 Å². The molecule has 0 radical (unpaired) electrons. The first-order valence-corrected chi connectivity index (χ1v) is 16.6. The number of aliphatic carboxylic acids is 1. The van der Waals surface area contributed by atoms with Crippen LogP contribution in [0.1, 0.15) is 31.7 Å². The van der Waals surface area contributed by atoms with Crippen molar-refractivity contribution in [1.29, 1.82) is 0 Å². The molecule has 1 aliphatic rings. The van der Waals surface area contributed by atoms with E-state index < -0.39 is 64.4 Å². The van der Waals surface area contributed by atoms with E-state index in [9.17, 15) is 32.5 Å². The lowest BCUT2D eigenvalue weighted by molar-refractivity contribution is -0.678.